The van der Waals surface area contributed by atoms with E-state index in [1.807, 2.05) is 18.2 Å². The largest absolute Gasteiger partial charge is 0.207 e. The molecule has 0 amide bonds. The second-order valence-electron chi connectivity index (χ2n) is 3.66. The van der Waals surface area contributed by atoms with Crippen LogP contribution in [0.2, 0.25) is 0 Å². The van der Waals surface area contributed by atoms with E-state index >= 15 is 0 Å². The predicted molar refractivity (Wildman–Crippen MR) is 83.6 cm³/mol. The first-order chi connectivity index (χ1) is 8.50. The van der Waals surface area contributed by atoms with Gasteiger partial charge in [-0.05, 0) is 35.9 Å². The third kappa shape index (κ3) is 2.98. The van der Waals surface area contributed by atoms with Crippen LogP contribution in [0.5, 0.6) is 0 Å². The summed E-state index contributed by atoms with van der Waals surface area (Å²) in [6.07, 6.45) is 0. The van der Waals surface area contributed by atoms with Crippen LogP contribution in [0, 0.1) is 5.82 Å². The fourth-order valence-corrected chi connectivity index (χ4v) is 3.71. The molecule has 0 aliphatic rings. The fraction of sp³-hybridized carbons (Fsp3) is 0.0769. The predicted octanol–water partition coefficient (Wildman–Crippen LogP) is 6.44. The lowest BCUT2D eigenvalue weighted by Gasteiger charge is -2.15. The third-order valence-electron chi connectivity index (χ3n) is 2.48. The Bertz CT molecular complexity index is 566. The molecule has 0 bridgehead atoms. The smallest absolute Gasteiger partial charge is 0.129 e. The van der Waals surface area contributed by atoms with Crippen LogP contribution in [-0.2, 0) is 0 Å². The molecule has 0 fully saturated rings. The first kappa shape index (κ1) is 14.5. The van der Waals surface area contributed by atoms with Crippen LogP contribution < -0.4 is 0 Å². The Hall–Kier alpha value is 0.1000. The Morgan fingerprint density at radius 1 is 1.00 bits per heavy atom. The van der Waals surface area contributed by atoms with E-state index in [4.69, 9.17) is 11.6 Å². The number of rotatable bonds is 2. The van der Waals surface area contributed by atoms with Crippen LogP contribution >= 0.6 is 59.4 Å². The number of hydrogen-bond donors (Lipinski definition) is 0. The molecule has 94 valence electrons. The van der Waals surface area contributed by atoms with Crippen LogP contribution in [0.1, 0.15) is 16.5 Å². The summed E-state index contributed by atoms with van der Waals surface area (Å²) in [5.41, 5.74) is 1.26. The van der Waals surface area contributed by atoms with E-state index in [1.165, 1.54) is 6.07 Å². The lowest BCUT2D eigenvalue weighted by molar-refractivity contribution is 0.611. The van der Waals surface area contributed by atoms with Crippen LogP contribution in [0.25, 0.3) is 0 Å². The highest BCUT2D eigenvalue weighted by atomic mass is 79.9. The van der Waals surface area contributed by atoms with Crippen molar-refractivity contribution in [2.75, 3.05) is 0 Å². The van der Waals surface area contributed by atoms with E-state index in [-0.39, 0.29) is 5.82 Å². The molecule has 2 aromatic carbocycles. The van der Waals surface area contributed by atoms with Crippen LogP contribution in [0.3, 0.4) is 0 Å². The maximum Gasteiger partial charge on any atom is 0.129 e. The number of benzene rings is 2. The molecule has 1 atom stereocenters. The summed E-state index contributed by atoms with van der Waals surface area (Å²) >= 11 is 16.6. The maximum atomic E-state index is 13.9. The van der Waals surface area contributed by atoms with Gasteiger partial charge in [0.15, 0.2) is 0 Å². The van der Waals surface area contributed by atoms with Gasteiger partial charge in [-0.1, -0.05) is 53.9 Å². The van der Waals surface area contributed by atoms with E-state index in [0.29, 0.717) is 10.0 Å². The number of hydrogen-bond acceptors (Lipinski definition) is 0. The Morgan fingerprint density at radius 3 is 2.39 bits per heavy atom. The highest BCUT2D eigenvalue weighted by molar-refractivity contribution is 9.11. The molecule has 0 saturated heterocycles. The third-order valence-corrected chi connectivity index (χ3v) is 4.84. The molecule has 0 spiro atoms. The molecular formula is C13H7Br3ClF. The molecule has 2 aromatic rings. The van der Waals surface area contributed by atoms with Crippen molar-refractivity contribution in [3.63, 3.8) is 0 Å². The number of alkyl halides is 1. The summed E-state index contributed by atoms with van der Waals surface area (Å²) in [4.78, 5) is 0. The van der Waals surface area contributed by atoms with Crippen molar-refractivity contribution in [3.05, 3.63) is 66.8 Å². The maximum absolute atomic E-state index is 13.9. The zero-order valence-corrected chi connectivity index (χ0v) is 14.4. The molecule has 0 nitrogen and oxygen atoms in total. The molecule has 0 heterocycles. The van der Waals surface area contributed by atoms with Crippen LogP contribution in [0.15, 0.2) is 49.8 Å². The van der Waals surface area contributed by atoms with E-state index in [0.717, 1.165) is 14.5 Å². The van der Waals surface area contributed by atoms with Gasteiger partial charge >= 0.3 is 0 Å². The summed E-state index contributed by atoms with van der Waals surface area (Å²) in [5.74, 6) is -0.323. The van der Waals surface area contributed by atoms with Crippen LogP contribution in [0.4, 0.5) is 4.39 Å². The van der Waals surface area contributed by atoms with Crippen molar-refractivity contribution in [3.8, 4) is 0 Å². The van der Waals surface area contributed by atoms with Crippen molar-refractivity contribution in [1.29, 1.82) is 0 Å². The summed E-state index contributed by atoms with van der Waals surface area (Å²) in [7, 11) is 0. The van der Waals surface area contributed by atoms with E-state index in [2.05, 4.69) is 47.8 Å². The average Bonchev–Trinajstić information content (AvgIpc) is 2.32. The molecule has 2 rings (SSSR count). The Balaban J connectivity index is 2.54. The molecule has 1 unspecified atom stereocenters. The molecule has 0 radical (unpaired) electrons. The summed E-state index contributed by atoms with van der Waals surface area (Å²) in [6, 6.07) is 10.5. The van der Waals surface area contributed by atoms with E-state index in [9.17, 15) is 4.39 Å². The van der Waals surface area contributed by atoms with Crippen molar-refractivity contribution >= 4 is 59.4 Å². The van der Waals surface area contributed by atoms with Gasteiger partial charge in [0.1, 0.15) is 5.82 Å². The minimum Gasteiger partial charge on any atom is -0.207 e. The van der Waals surface area contributed by atoms with E-state index < -0.39 is 5.38 Å². The minimum absolute atomic E-state index is 0.323. The average molecular weight is 457 g/mol. The monoisotopic (exact) mass is 454 g/mol. The fourth-order valence-electron chi connectivity index (χ4n) is 1.62. The lowest BCUT2D eigenvalue weighted by atomic mass is 10.0. The summed E-state index contributed by atoms with van der Waals surface area (Å²) < 4.78 is 16.3. The second kappa shape index (κ2) is 6.04. The van der Waals surface area contributed by atoms with Crippen molar-refractivity contribution in [2.45, 2.75) is 5.38 Å². The van der Waals surface area contributed by atoms with Gasteiger partial charge in [-0.2, -0.15) is 0 Å². The first-order valence-corrected chi connectivity index (χ1v) is 7.85. The van der Waals surface area contributed by atoms with Crippen molar-refractivity contribution in [2.24, 2.45) is 0 Å². The van der Waals surface area contributed by atoms with Gasteiger partial charge in [-0.15, -0.1) is 11.6 Å². The minimum atomic E-state index is -0.563. The van der Waals surface area contributed by atoms with Gasteiger partial charge in [0.2, 0.25) is 0 Å². The normalized spacial score (nSPS) is 12.5. The molecule has 18 heavy (non-hydrogen) atoms. The molecule has 5 heteroatoms. The zero-order valence-electron chi connectivity index (χ0n) is 8.93. The number of halogens is 5. The van der Waals surface area contributed by atoms with Gasteiger partial charge in [0.25, 0.3) is 0 Å². The SMILES string of the molecule is Fc1cccc(Br)c1C(Cl)c1cc(Br)ccc1Br. The highest BCUT2D eigenvalue weighted by Gasteiger charge is 2.20. The molecule has 0 saturated carbocycles. The van der Waals surface area contributed by atoms with Crippen molar-refractivity contribution in [1.82, 2.24) is 0 Å². The Labute approximate surface area is 135 Å². The van der Waals surface area contributed by atoms with Crippen LogP contribution in [-0.4, -0.2) is 0 Å². The van der Waals surface area contributed by atoms with Gasteiger partial charge in [0.05, 0.1) is 5.38 Å². The molecule has 0 aliphatic heterocycles. The lowest BCUT2D eigenvalue weighted by Crippen LogP contribution is -1.99. The summed E-state index contributed by atoms with van der Waals surface area (Å²) in [5, 5.41) is -0.563. The molecule has 0 aromatic heterocycles. The second-order valence-corrected chi connectivity index (χ2v) is 6.72. The van der Waals surface area contributed by atoms with Gasteiger partial charge in [-0.25, -0.2) is 4.39 Å². The van der Waals surface area contributed by atoms with Gasteiger partial charge in [-0.3, -0.25) is 0 Å². The standard InChI is InChI=1S/C13H7Br3ClF/c14-7-4-5-9(15)8(6-7)13(17)12-10(16)2-1-3-11(12)18/h1-6,13H. The quantitative estimate of drug-likeness (QED) is 0.456. The Morgan fingerprint density at radius 2 is 1.72 bits per heavy atom. The summed E-state index contributed by atoms with van der Waals surface area (Å²) in [6.45, 7) is 0. The highest BCUT2D eigenvalue weighted by Crippen LogP contribution is 2.39. The van der Waals surface area contributed by atoms with Gasteiger partial charge in [0, 0.05) is 19.0 Å². The topological polar surface area (TPSA) is 0 Å². The molecule has 0 aliphatic carbocycles. The molecule has 0 N–H and O–H groups in total. The zero-order chi connectivity index (χ0) is 13.3. The van der Waals surface area contributed by atoms with E-state index in [1.54, 1.807) is 12.1 Å². The Kier molecular flexibility index (Phi) is 4.86. The molecular weight excluding hydrogens is 450 g/mol. The van der Waals surface area contributed by atoms with Crippen molar-refractivity contribution < 1.29 is 4.39 Å². The van der Waals surface area contributed by atoms with Gasteiger partial charge < -0.3 is 0 Å². The first-order valence-electron chi connectivity index (χ1n) is 5.03.